The van der Waals surface area contributed by atoms with E-state index in [1.54, 1.807) is 12.3 Å². The van der Waals surface area contributed by atoms with Crippen molar-refractivity contribution >= 4 is 5.82 Å². The third-order valence-corrected chi connectivity index (χ3v) is 0.688. The molecule has 0 aliphatic rings. The van der Waals surface area contributed by atoms with Crippen LogP contribution in [0.4, 0.5) is 5.82 Å². The van der Waals surface area contributed by atoms with Crippen LogP contribution in [0.1, 0.15) is 0 Å². The molecule has 0 atom stereocenters. The summed E-state index contributed by atoms with van der Waals surface area (Å²) < 4.78 is 0. The van der Waals surface area contributed by atoms with Crippen LogP contribution in [0.15, 0.2) is 24.4 Å². The summed E-state index contributed by atoms with van der Waals surface area (Å²) in [6, 6.07) is 5.43. The van der Waals surface area contributed by atoms with E-state index in [1.807, 2.05) is 12.1 Å². The fourth-order valence-electron chi connectivity index (χ4n) is 0.376. The molecule has 0 spiro atoms. The zero-order chi connectivity index (χ0) is 5.11. The number of hydrogen-bond donors (Lipinski definition) is 1. The molecule has 1 heterocycles. The van der Waals surface area contributed by atoms with Crippen molar-refractivity contribution in [2.24, 2.45) is 0 Å². The summed E-state index contributed by atoms with van der Waals surface area (Å²) in [6.07, 6.45) is 1.66. The SMILES string of the molecule is Nc1ccccn1.[Zn]. The Kier molecular flexibility index (Phi) is 3.37. The predicted octanol–water partition coefficient (Wildman–Crippen LogP) is 0.661. The van der Waals surface area contributed by atoms with Gasteiger partial charge in [0.15, 0.2) is 0 Å². The van der Waals surface area contributed by atoms with E-state index in [-0.39, 0.29) is 19.5 Å². The van der Waals surface area contributed by atoms with Gasteiger partial charge in [0.2, 0.25) is 0 Å². The van der Waals surface area contributed by atoms with E-state index < -0.39 is 0 Å². The Labute approximate surface area is 60.9 Å². The van der Waals surface area contributed by atoms with E-state index in [0.29, 0.717) is 5.82 Å². The van der Waals surface area contributed by atoms with Gasteiger partial charge in [0, 0.05) is 25.7 Å². The normalized spacial score (nSPS) is 7.50. The van der Waals surface area contributed by atoms with Crippen molar-refractivity contribution in [1.29, 1.82) is 0 Å². The van der Waals surface area contributed by atoms with E-state index in [2.05, 4.69) is 4.98 Å². The summed E-state index contributed by atoms with van der Waals surface area (Å²) in [5, 5.41) is 0. The molecule has 2 nitrogen and oxygen atoms in total. The van der Waals surface area contributed by atoms with E-state index in [4.69, 9.17) is 5.73 Å². The molecule has 0 aliphatic carbocycles. The third-order valence-electron chi connectivity index (χ3n) is 0.688. The minimum absolute atomic E-state index is 0. The molecule has 0 saturated carbocycles. The summed E-state index contributed by atoms with van der Waals surface area (Å²) in [7, 11) is 0. The van der Waals surface area contributed by atoms with Crippen LogP contribution in [0.5, 0.6) is 0 Å². The Hall–Kier alpha value is -0.427. The average molecular weight is 160 g/mol. The first-order valence-corrected chi connectivity index (χ1v) is 2.06. The molecule has 1 aromatic rings. The quantitative estimate of drug-likeness (QED) is 0.565. The Morgan fingerprint density at radius 2 is 2.12 bits per heavy atom. The molecule has 0 aromatic carbocycles. The number of nitrogens with two attached hydrogens (primary N) is 1. The predicted molar refractivity (Wildman–Crippen MR) is 28.6 cm³/mol. The molecule has 0 aliphatic heterocycles. The second-order valence-corrected chi connectivity index (χ2v) is 1.25. The second-order valence-electron chi connectivity index (χ2n) is 1.25. The Balaban J connectivity index is 0.000000490. The average Bonchev–Trinajstić information content (AvgIpc) is 1.69. The van der Waals surface area contributed by atoms with Crippen molar-refractivity contribution in [3.05, 3.63) is 24.4 Å². The molecule has 0 fully saturated rings. The standard InChI is InChI=1S/C5H6N2.Zn/c6-5-3-1-2-4-7-5;/h1-4H,(H2,6,7);. The molecule has 1 rings (SSSR count). The second kappa shape index (κ2) is 3.56. The Bertz CT molecular complexity index is 140. The van der Waals surface area contributed by atoms with Crippen molar-refractivity contribution in [2.45, 2.75) is 0 Å². The van der Waals surface area contributed by atoms with Gasteiger partial charge in [-0.2, -0.15) is 0 Å². The summed E-state index contributed by atoms with van der Waals surface area (Å²) in [4.78, 5) is 3.76. The van der Waals surface area contributed by atoms with Crippen LogP contribution in [0.25, 0.3) is 0 Å². The maximum Gasteiger partial charge on any atom is 0.123 e. The first-order valence-electron chi connectivity index (χ1n) is 2.06. The number of anilines is 1. The number of aromatic nitrogens is 1. The maximum atomic E-state index is 5.25. The summed E-state index contributed by atoms with van der Waals surface area (Å²) in [6.45, 7) is 0. The first-order chi connectivity index (χ1) is 3.39. The van der Waals surface area contributed by atoms with Crippen molar-refractivity contribution in [3.63, 3.8) is 0 Å². The maximum absolute atomic E-state index is 5.25. The summed E-state index contributed by atoms with van der Waals surface area (Å²) >= 11 is 0. The molecule has 3 heteroatoms. The van der Waals surface area contributed by atoms with Gasteiger partial charge in [-0.25, -0.2) is 4.98 Å². The van der Waals surface area contributed by atoms with Gasteiger partial charge in [-0.05, 0) is 12.1 Å². The molecule has 2 N–H and O–H groups in total. The first kappa shape index (κ1) is 7.57. The van der Waals surface area contributed by atoms with Crippen LogP contribution in [-0.2, 0) is 19.5 Å². The van der Waals surface area contributed by atoms with Crippen molar-refractivity contribution in [3.8, 4) is 0 Å². The van der Waals surface area contributed by atoms with Crippen LogP contribution in [0.2, 0.25) is 0 Å². The number of rotatable bonds is 0. The fourth-order valence-corrected chi connectivity index (χ4v) is 0.376. The monoisotopic (exact) mass is 158 g/mol. The van der Waals surface area contributed by atoms with Gasteiger partial charge < -0.3 is 5.73 Å². The van der Waals surface area contributed by atoms with E-state index in [1.165, 1.54) is 0 Å². The van der Waals surface area contributed by atoms with Gasteiger partial charge in [-0.1, -0.05) is 6.07 Å². The molecule has 0 saturated heterocycles. The van der Waals surface area contributed by atoms with Crippen LogP contribution >= 0.6 is 0 Å². The van der Waals surface area contributed by atoms with E-state index in [0.717, 1.165) is 0 Å². The van der Waals surface area contributed by atoms with Crippen molar-refractivity contribution in [2.75, 3.05) is 5.73 Å². The molecular weight excluding hydrogens is 153 g/mol. The molecule has 38 valence electrons. The van der Waals surface area contributed by atoms with Gasteiger partial charge in [0.25, 0.3) is 0 Å². The number of pyridine rings is 1. The minimum atomic E-state index is 0. The zero-order valence-corrected chi connectivity index (χ0v) is 7.51. The van der Waals surface area contributed by atoms with Crippen LogP contribution < -0.4 is 5.73 Å². The van der Waals surface area contributed by atoms with Gasteiger partial charge >= 0.3 is 0 Å². The molecule has 8 heavy (non-hydrogen) atoms. The molecule has 0 bridgehead atoms. The summed E-state index contributed by atoms with van der Waals surface area (Å²) in [5.41, 5.74) is 5.25. The van der Waals surface area contributed by atoms with Gasteiger partial charge in [-0.3, -0.25) is 0 Å². The summed E-state index contributed by atoms with van der Waals surface area (Å²) in [5.74, 6) is 0.572. The Morgan fingerprint density at radius 3 is 2.38 bits per heavy atom. The number of nitrogen functional groups attached to an aromatic ring is 1. The van der Waals surface area contributed by atoms with Gasteiger partial charge in [-0.15, -0.1) is 0 Å². The largest absolute Gasteiger partial charge is 0.384 e. The molecule has 0 unspecified atom stereocenters. The Morgan fingerprint density at radius 1 is 1.38 bits per heavy atom. The molecule has 1 aromatic heterocycles. The van der Waals surface area contributed by atoms with Crippen molar-refractivity contribution in [1.82, 2.24) is 4.98 Å². The van der Waals surface area contributed by atoms with Crippen LogP contribution in [0.3, 0.4) is 0 Å². The third kappa shape index (κ3) is 2.03. The van der Waals surface area contributed by atoms with Gasteiger partial charge in [0.05, 0.1) is 0 Å². The van der Waals surface area contributed by atoms with Gasteiger partial charge in [0.1, 0.15) is 5.82 Å². The number of nitrogens with zero attached hydrogens (tertiary/aromatic N) is 1. The smallest absolute Gasteiger partial charge is 0.123 e. The minimum Gasteiger partial charge on any atom is -0.384 e. The van der Waals surface area contributed by atoms with Crippen molar-refractivity contribution < 1.29 is 19.5 Å². The molecule has 0 amide bonds. The molecular formula is C5H6N2Zn. The van der Waals surface area contributed by atoms with E-state index in [9.17, 15) is 0 Å². The number of hydrogen-bond acceptors (Lipinski definition) is 2. The zero-order valence-electron chi connectivity index (χ0n) is 4.54. The van der Waals surface area contributed by atoms with Crippen LogP contribution in [0, 0.1) is 0 Å². The fraction of sp³-hybridized carbons (Fsp3) is 0. The molecule has 0 radical (unpaired) electrons. The topological polar surface area (TPSA) is 38.9 Å². The van der Waals surface area contributed by atoms with Crippen LogP contribution in [-0.4, -0.2) is 4.98 Å². The van der Waals surface area contributed by atoms with E-state index >= 15 is 0 Å².